The van der Waals surface area contributed by atoms with Crippen LogP contribution in [0.5, 0.6) is 5.88 Å². The Bertz CT molecular complexity index is 246. The van der Waals surface area contributed by atoms with Gasteiger partial charge in [-0.3, -0.25) is 0 Å². The van der Waals surface area contributed by atoms with E-state index in [-0.39, 0.29) is 11.6 Å². The van der Waals surface area contributed by atoms with E-state index in [0.717, 1.165) is 11.7 Å². The number of methoxy groups -OCH3 is 1. The number of carbonyl (C=O) groups is 1. The summed E-state index contributed by atoms with van der Waals surface area (Å²) >= 11 is 0.813. The van der Waals surface area contributed by atoms with Crippen LogP contribution in [0.2, 0.25) is 0 Å². The first-order valence-corrected chi connectivity index (χ1v) is 3.08. The molecule has 5 nitrogen and oxygen atoms in total. The van der Waals surface area contributed by atoms with Gasteiger partial charge in [0.05, 0.1) is 18.8 Å². The molecule has 54 valence electrons. The molecule has 1 aromatic heterocycles. The van der Waals surface area contributed by atoms with Crippen molar-refractivity contribution in [3.05, 3.63) is 5.69 Å². The summed E-state index contributed by atoms with van der Waals surface area (Å²) in [6, 6.07) is 0. The molecule has 0 aliphatic rings. The molecular weight excluding hydrogens is 156 g/mol. The lowest BCUT2D eigenvalue weighted by molar-refractivity contribution is 0.0687. The number of rotatable bonds is 2. The summed E-state index contributed by atoms with van der Waals surface area (Å²) in [6.07, 6.45) is 0. The second-order valence-corrected chi connectivity index (χ2v) is 1.96. The Morgan fingerprint density at radius 3 is 2.80 bits per heavy atom. The average molecular weight is 160 g/mol. The van der Waals surface area contributed by atoms with Gasteiger partial charge in [-0.25, -0.2) is 4.79 Å². The summed E-state index contributed by atoms with van der Waals surface area (Å²) in [6.45, 7) is 0. The van der Waals surface area contributed by atoms with Crippen LogP contribution in [-0.2, 0) is 0 Å². The van der Waals surface area contributed by atoms with Crippen LogP contribution in [-0.4, -0.2) is 26.9 Å². The van der Waals surface area contributed by atoms with Crippen molar-refractivity contribution in [1.82, 2.24) is 8.75 Å². The summed E-state index contributed by atoms with van der Waals surface area (Å²) in [5, 5.41) is 8.41. The highest BCUT2D eigenvalue weighted by atomic mass is 32.1. The number of aromatic nitrogens is 2. The molecule has 0 atom stereocenters. The molecule has 1 N–H and O–H groups in total. The second kappa shape index (κ2) is 2.61. The molecule has 0 aliphatic heterocycles. The third kappa shape index (κ3) is 1.06. The predicted molar refractivity (Wildman–Crippen MR) is 33.4 cm³/mol. The van der Waals surface area contributed by atoms with Crippen LogP contribution in [0.3, 0.4) is 0 Å². The van der Waals surface area contributed by atoms with Gasteiger partial charge in [-0.05, 0) is 0 Å². The van der Waals surface area contributed by atoms with Gasteiger partial charge in [-0.1, -0.05) is 0 Å². The van der Waals surface area contributed by atoms with E-state index >= 15 is 0 Å². The minimum absolute atomic E-state index is 0.0671. The lowest BCUT2D eigenvalue weighted by atomic mass is 10.5. The summed E-state index contributed by atoms with van der Waals surface area (Å²) in [7, 11) is 1.35. The molecule has 1 heterocycles. The molecular formula is C4H4N2O3S. The quantitative estimate of drug-likeness (QED) is 0.671. The first-order chi connectivity index (χ1) is 4.75. The fourth-order valence-corrected chi connectivity index (χ4v) is 0.959. The van der Waals surface area contributed by atoms with E-state index in [4.69, 9.17) is 5.11 Å². The standard InChI is InChI=1S/C4H4N2O3S/c1-9-3-2(4(7)8)5-10-6-3/h1H3,(H,7,8). The largest absolute Gasteiger partial charge is 0.479 e. The van der Waals surface area contributed by atoms with Crippen LogP contribution in [0, 0.1) is 0 Å². The fourth-order valence-electron chi connectivity index (χ4n) is 0.445. The molecule has 0 bridgehead atoms. The first kappa shape index (κ1) is 6.94. The smallest absolute Gasteiger partial charge is 0.361 e. The number of nitrogens with zero attached hydrogens (tertiary/aromatic N) is 2. The number of carboxylic acids is 1. The monoisotopic (exact) mass is 160 g/mol. The van der Waals surface area contributed by atoms with Crippen molar-refractivity contribution in [2.45, 2.75) is 0 Å². The Hall–Kier alpha value is -1.17. The molecule has 0 amide bonds. The maximum absolute atomic E-state index is 10.3. The van der Waals surface area contributed by atoms with E-state index in [2.05, 4.69) is 13.5 Å². The Morgan fingerprint density at radius 2 is 2.40 bits per heavy atom. The molecule has 0 aromatic carbocycles. The van der Waals surface area contributed by atoms with Crippen LogP contribution in [0.1, 0.15) is 10.5 Å². The lowest BCUT2D eigenvalue weighted by Crippen LogP contribution is -1.99. The molecule has 0 aliphatic carbocycles. The molecule has 0 saturated heterocycles. The zero-order valence-corrected chi connectivity index (χ0v) is 5.88. The van der Waals surface area contributed by atoms with E-state index in [0.29, 0.717) is 0 Å². The normalized spacial score (nSPS) is 9.30. The van der Waals surface area contributed by atoms with Gasteiger partial charge in [0, 0.05) is 0 Å². The van der Waals surface area contributed by atoms with Crippen LogP contribution >= 0.6 is 11.7 Å². The Labute approximate surface area is 60.6 Å². The molecule has 0 saturated carbocycles. The fraction of sp³-hybridized carbons (Fsp3) is 0.250. The molecule has 0 unspecified atom stereocenters. The van der Waals surface area contributed by atoms with Crippen LogP contribution < -0.4 is 4.74 Å². The summed E-state index contributed by atoms with van der Waals surface area (Å²) in [4.78, 5) is 10.3. The highest BCUT2D eigenvalue weighted by Crippen LogP contribution is 2.13. The van der Waals surface area contributed by atoms with Crippen molar-refractivity contribution < 1.29 is 14.6 Å². The molecule has 10 heavy (non-hydrogen) atoms. The molecule has 1 rings (SSSR count). The van der Waals surface area contributed by atoms with Crippen molar-refractivity contribution in [2.75, 3.05) is 7.11 Å². The molecule has 0 spiro atoms. The maximum Gasteiger partial charge on any atom is 0.361 e. The number of carboxylic acid groups (broad SMARTS) is 1. The Kier molecular flexibility index (Phi) is 1.81. The average Bonchev–Trinajstić information content (AvgIpc) is 2.33. The van der Waals surface area contributed by atoms with E-state index in [1.54, 1.807) is 0 Å². The topological polar surface area (TPSA) is 72.3 Å². The van der Waals surface area contributed by atoms with Crippen molar-refractivity contribution in [1.29, 1.82) is 0 Å². The third-order valence-corrected chi connectivity index (χ3v) is 1.37. The number of hydrogen-bond acceptors (Lipinski definition) is 5. The van der Waals surface area contributed by atoms with Gasteiger partial charge in [0.2, 0.25) is 5.69 Å². The summed E-state index contributed by atoms with van der Waals surface area (Å²) in [5.41, 5.74) is -0.132. The van der Waals surface area contributed by atoms with Gasteiger partial charge in [-0.15, -0.1) is 4.37 Å². The first-order valence-electron chi connectivity index (χ1n) is 2.35. The van der Waals surface area contributed by atoms with E-state index in [1.807, 2.05) is 0 Å². The van der Waals surface area contributed by atoms with Crippen molar-refractivity contribution in [3.63, 3.8) is 0 Å². The zero-order valence-electron chi connectivity index (χ0n) is 5.07. The number of hydrogen-bond donors (Lipinski definition) is 1. The summed E-state index contributed by atoms with van der Waals surface area (Å²) in [5.74, 6) is -1.05. The van der Waals surface area contributed by atoms with Crippen molar-refractivity contribution in [2.24, 2.45) is 0 Å². The minimum Gasteiger partial charge on any atom is -0.479 e. The third-order valence-electron chi connectivity index (χ3n) is 0.854. The van der Waals surface area contributed by atoms with Crippen LogP contribution in [0.25, 0.3) is 0 Å². The summed E-state index contributed by atoms with van der Waals surface area (Å²) < 4.78 is 11.7. The maximum atomic E-state index is 10.3. The molecule has 0 fully saturated rings. The highest BCUT2D eigenvalue weighted by molar-refractivity contribution is 6.99. The Morgan fingerprint density at radius 1 is 1.70 bits per heavy atom. The van der Waals surface area contributed by atoms with Gasteiger partial charge in [-0.2, -0.15) is 4.37 Å². The highest BCUT2D eigenvalue weighted by Gasteiger charge is 2.14. The van der Waals surface area contributed by atoms with Crippen LogP contribution in [0.4, 0.5) is 0 Å². The van der Waals surface area contributed by atoms with E-state index in [1.165, 1.54) is 7.11 Å². The molecule has 0 radical (unpaired) electrons. The van der Waals surface area contributed by atoms with Crippen LogP contribution in [0.15, 0.2) is 0 Å². The van der Waals surface area contributed by atoms with Crippen molar-refractivity contribution in [3.8, 4) is 5.88 Å². The van der Waals surface area contributed by atoms with E-state index in [9.17, 15) is 4.79 Å². The minimum atomic E-state index is -1.12. The molecule has 6 heteroatoms. The SMILES string of the molecule is COc1nsnc1C(=O)O. The van der Waals surface area contributed by atoms with Gasteiger partial charge in [0.1, 0.15) is 0 Å². The lowest BCUT2D eigenvalue weighted by Gasteiger charge is -1.90. The number of aromatic carboxylic acids is 1. The Balaban J connectivity index is 3.01. The van der Waals surface area contributed by atoms with Gasteiger partial charge in [0.15, 0.2) is 0 Å². The predicted octanol–water partition coefficient (Wildman–Crippen LogP) is 0.245. The van der Waals surface area contributed by atoms with Crippen molar-refractivity contribution >= 4 is 17.7 Å². The van der Waals surface area contributed by atoms with E-state index < -0.39 is 5.97 Å². The molecule has 1 aromatic rings. The van der Waals surface area contributed by atoms with Gasteiger partial charge < -0.3 is 9.84 Å². The van der Waals surface area contributed by atoms with Gasteiger partial charge >= 0.3 is 5.97 Å². The van der Waals surface area contributed by atoms with Gasteiger partial charge in [0.25, 0.3) is 5.88 Å². The zero-order chi connectivity index (χ0) is 7.56. The number of ether oxygens (including phenoxy) is 1. The second-order valence-electron chi connectivity index (χ2n) is 1.43.